The van der Waals surface area contributed by atoms with Gasteiger partial charge in [-0.25, -0.2) is 4.79 Å². The van der Waals surface area contributed by atoms with Gasteiger partial charge in [-0.3, -0.25) is 9.59 Å². The molecule has 0 saturated heterocycles. The highest BCUT2D eigenvalue weighted by molar-refractivity contribution is 5.83. The van der Waals surface area contributed by atoms with Gasteiger partial charge in [0.25, 0.3) is 0 Å². The average Bonchev–Trinajstić information content (AvgIpc) is 3.06. The Labute approximate surface area is 188 Å². The van der Waals surface area contributed by atoms with E-state index in [0.717, 1.165) is 22.3 Å². The topological polar surface area (TPSA) is 105 Å². The van der Waals surface area contributed by atoms with Crippen LogP contribution in [0, 0.1) is 11.3 Å². The summed E-state index contributed by atoms with van der Waals surface area (Å²) in [7, 11) is 0. The largest absolute Gasteiger partial charge is 0.480 e. The van der Waals surface area contributed by atoms with Gasteiger partial charge >= 0.3 is 12.1 Å². The van der Waals surface area contributed by atoms with E-state index >= 15 is 0 Å². The predicted octanol–water partition coefficient (Wildman–Crippen LogP) is 3.78. The van der Waals surface area contributed by atoms with Crippen LogP contribution in [-0.2, 0) is 14.3 Å². The quantitative estimate of drug-likeness (QED) is 0.582. The molecule has 0 heterocycles. The van der Waals surface area contributed by atoms with Crippen LogP contribution in [0.5, 0.6) is 0 Å². The Morgan fingerprint density at radius 1 is 0.969 bits per heavy atom. The molecule has 0 bridgehead atoms. The SMILES string of the molecule is CC(C)(C)CC(CNC(=O)OCC1c2ccccc2-c2ccccc21)C(=O)NCC(=O)O. The minimum absolute atomic E-state index is 0.0441. The molecule has 7 heteroatoms. The van der Waals surface area contributed by atoms with Gasteiger partial charge in [0.2, 0.25) is 5.91 Å². The number of benzene rings is 2. The van der Waals surface area contributed by atoms with Gasteiger partial charge in [0.15, 0.2) is 0 Å². The van der Waals surface area contributed by atoms with Gasteiger partial charge in [-0.1, -0.05) is 69.3 Å². The number of amides is 2. The number of aliphatic carboxylic acids is 1. The molecule has 2 aromatic rings. The number of nitrogens with one attached hydrogen (secondary N) is 2. The summed E-state index contributed by atoms with van der Waals surface area (Å²) in [6.45, 7) is 5.76. The zero-order valence-electron chi connectivity index (χ0n) is 18.7. The second-order valence-corrected chi connectivity index (χ2v) is 9.28. The van der Waals surface area contributed by atoms with Gasteiger partial charge in [-0.05, 0) is 34.1 Å². The summed E-state index contributed by atoms with van der Waals surface area (Å²) in [5.74, 6) is -2.12. The molecule has 32 heavy (non-hydrogen) atoms. The van der Waals surface area contributed by atoms with Crippen LogP contribution in [0.3, 0.4) is 0 Å². The van der Waals surface area contributed by atoms with Crippen LogP contribution in [-0.4, -0.2) is 42.8 Å². The van der Waals surface area contributed by atoms with Crippen molar-refractivity contribution in [1.29, 1.82) is 0 Å². The maximum atomic E-state index is 12.4. The van der Waals surface area contributed by atoms with Crippen LogP contribution in [0.25, 0.3) is 11.1 Å². The lowest BCUT2D eigenvalue weighted by molar-refractivity contribution is -0.138. The Bertz CT molecular complexity index is 950. The Kier molecular flexibility index (Phi) is 7.18. The second kappa shape index (κ2) is 9.85. The van der Waals surface area contributed by atoms with Crippen molar-refractivity contribution in [2.45, 2.75) is 33.1 Å². The van der Waals surface area contributed by atoms with E-state index in [9.17, 15) is 14.4 Å². The smallest absolute Gasteiger partial charge is 0.407 e. The highest BCUT2D eigenvalue weighted by Crippen LogP contribution is 2.44. The number of carbonyl (C=O) groups excluding carboxylic acids is 2. The number of alkyl carbamates (subject to hydrolysis) is 1. The molecule has 0 radical (unpaired) electrons. The van der Waals surface area contributed by atoms with Crippen LogP contribution < -0.4 is 10.6 Å². The average molecular weight is 439 g/mol. The lowest BCUT2D eigenvalue weighted by Crippen LogP contribution is -2.42. The number of carbonyl (C=O) groups is 3. The molecular formula is C25H30N2O5. The van der Waals surface area contributed by atoms with Gasteiger partial charge in [0.05, 0.1) is 5.92 Å². The number of hydrogen-bond donors (Lipinski definition) is 3. The van der Waals surface area contributed by atoms with Crippen LogP contribution in [0.4, 0.5) is 4.79 Å². The molecule has 3 rings (SSSR count). The molecule has 1 aliphatic rings. The first-order chi connectivity index (χ1) is 15.2. The molecule has 0 aliphatic heterocycles. The number of rotatable bonds is 8. The van der Waals surface area contributed by atoms with Crippen LogP contribution >= 0.6 is 0 Å². The third-order valence-electron chi connectivity index (χ3n) is 5.48. The van der Waals surface area contributed by atoms with E-state index in [4.69, 9.17) is 9.84 Å². The summed E-state index contributed by atoms with van der Waals surface area (Å²) >= 11 is 0. The third kappa shape index (κ3) is 5.87. The molecule has 0 saturated carbocycles. The number of ether oxygens (including phenoxy) is 1. The standard InChI is InChI=1S/C25H30N2O5/c1-25(2,3)12-16(23(30)26-14-22(28)29)13-27-24(31)32-15-21-19-10-6-4-8-17(19)18-9-5-7-11-20(18)21/h4-11,16,21H,12-15H2,1-3H3,(H,26,30)(H,27,31)(H,28,29). The fourth-order valence-corrected chi connectivity index (χ4v) is 4.16. The summed E-state index contributed by atoms with van der Waals surface area (Å²) < 4.78 is 5.52. The van der Waals surface area contributed by atoms with Crippen molar-refractivity contribution in [2.75, 3.05) is 19.7 Å². The molecule has 7 nitrogen and oxygen atoms in total. The summed E-state index contributed by atoms with van der Waals surface area (Å²) in [5, 5.41) is 13.9. The molecule has 0 spiro atoms. The molecule has 0 aromatic heterocycles. The van der Waals surface area contributed by atoms with Crippen molar-refractivity contribution in [2.24, 2.45) is 11.3 Å². The number of carboxylic acid groups (broad SMARTS) is 1. The molecule has 1 aliphatic carbocycles. The molecular weight excluding hydrogens is 408 g/mol. The molecule has 170 valence electrons. The first-order valence-corrected chi connectivity index (χ1v) is 10.7. The lowest BCUT2D eigenvalue weighted by Gasteiger charge is -2.25. The van der Waals surface area contributed by atoms with Crippen molar-refractivity contribution < 1.29 is 24.2 Å². The van der Waals surface area contributed by atoms with Gasteiger partial charge in [0, 0.05) is 12.5 Å². The van der Waals surface area contributed by atoms with Gasteiger partial charge < -0.3 is 20.5 Å². The minimum Gasteiger partial charge on any atom is -0.480 e. The maximum absolute atomic E-state index is 12.4. The molecule has 1 unspecified atom stereocenters. The van der Waals surface area contributed by atoms with E-state index in [1.54, 1.807) is 0 Å². The number of carboxylic acids is 1. The monoisotopic (exact) mass is 438 g/mol. The molecule has 0 fully saturated rings. The summed E-state index contributed by atoms with van der Waals surface area (Å²) in [4.78, 5) is 35.6. The molecule has 2 aromatic carbocycles. The maximum Gasteiger partial charge on any atom is 0.407 e. The summed E-state index contributed by atoms with van der Waals surface area (Å²) in [6.07, 6.45) is -0.112. The first kappa shape index (κ1) is 23.3. The van der Waals surface area contributed by atoms with Gasteiger partial charge in [-0.15, -0.1) is 0 Å². The van der Waals surface area contributed by atoms with Crippen molar-refractivity contribution >= 4 is 18.0 Å². The highest BCUT2D eigenvalue weighted by Gasteiger charge is 2.30. The van der Waals surface area contributed by atoms with E-state index in [2.05, 4.69) is 22.8 Å². The first-order valence-electron chi connectivity index (χ1n) is 10.7. The Hall–Kier alpha value is -3.35. The zero-order chi connectivity index (χ0) is 23.3. The van der Waals surface area contributed by atoms with E-state index < -0.39 is 30.4 Å². The lowest BCUT2D eigenvalue weighted by atomic mass is 9.84. The number of hydrogen-bond acceptors (Lipinski definition) is 4. The van der Waals surface area contributed by atoms with Crippen LogP contribution in [0.2, 0.25) is 0 Å². The molecule has 1 atom stereocenters. The minimum atomic E-state index is -1.11. The van der Waals surface area contributed by atoms with E-state index in [0.29, 0.717) is 6.42 Å². The Morgan fingerprint density at radius 2 is 1.53 bits per heavy atom. The predicted molar refractivity (Wildman–Crippen MR) is 121 cm³/mol. The van der Waals surface area contributed by atoms with Crippen molar-refractivity contribution in [1.82, 2.24) is 10.6 Å². The summed E-state index contributed by atoms with van der Waals surface area (Å²) in [6, 6.07) is 16.2. The summed E-state index contributed by atoms with van der Waals surface area (Å²) in [5.41, 5.74) is 4.38. The van der Waals surface area contributed by atoms with Crippen LogP contribution in [0.15, 0.2) is 48.5 Å². The normalized spacial score (nSPS) is 13.6. The Balaban J connectivity index is 1.60. The third-order valence-corrected chi connectivity index (χ3v) is 5.48. The van der Waals surface area contributed by atoms with E-state index in [1.165, 1.54) is 0 Å². The van der Waals surface area contributed by atoms with Crippen molar-refractivity contribution in [3.8, 4) is 11.1 Å². The van der Waals surface area contributed by atoms with E-state index in [-0.39, 0.29) is 24.5 Å². The Morgan fingerprint density at radius 3 is 2.06 bits per heavy atom. The molecule has 2 amide bonds. The highest BCUT2D eigenvalue weighted by atomic mass is 16.5. The van der Waals surface area contributed by atoms with E-state index in [1.807, 2.05) is 57.2 Å². The zero-order valence-corrected chi connectivity index (χ0v) is 18.7. The van der Waals surface area contributed by atoms with Gasteiger partial charge in [-0.2, -0.15) is 0 Å². The van der Waals surface area contributed by atoms with Gasteiger partial charge in [0.1, 0.15) is 13.2 Å². The van der Waals surface area contributed by atoms with Crippen molar-refractivity contribution in [3.05, 3.63) is 59.7 Å². The van der Waals surface area contributed by atoms with Crippen molar-refractivity contribution in [3.63, 3.8) is 0 Å². The van der Waals surface area contributed by atoms with Crippen LogP contribution in [0.1, 0.15) is 44.2 Å². The number of fused-ring (bicyclic) bond motifs is 3. The fraction of sp³-hybridized carbons (Fsp3) is 0.400. The second-order valence-electron chi connectivity index (χ2n) is 9.28. The fourth-order valence-electron chi connectivity index (χ4n) is 4.16. The molecule has 3 N–H and O–H groups in total.